The van der Waals surface area contributed by atoms with Gasteiger partial charge in [0, 0.05) is 24.3 Å². The van der Waals surface area contributed by atoms with Gasteiger partial charge in [-0.1, -0.05) is 6.07 Å². The van der Waals surface area contributed by atoms with Gasteiger partial charge in [0.2, 0.25) is 0 Å². The van der Waals surface area contributed by atoms with Crippen LogP contribution in [-0.2, 0) is 6.42 Å². The minimum absolute atomic E-state index is 0.00615. The highest BCUT2D eigenvalue weighted by atomic mass is 16.5. The summed E-state index contributed by atoms with van der Waals surface area (Å²) >= 11 is 0. The Bertz CT molecular complexity index is 779. The number of rotatable bonds is 4. The van der Waals surface area contributed by atoms with Crippen LogP contribution >= 0.6 is 0 Å². The first-order valence-corrected chi connectivity index (χ1v) is 9.57. The van der Waals surface area contributed by atoms with Gasteiger partial charge < -0.3 is 15.0 Å². The number of amides is 1. The Morgan fingerprint density at radius 3 is 2.58 bits per heavy atom. The maximum absolute atomic E-state index is 12.7. The van der Waals surface area contributed by atoms with Crippen molar-refractivity contribution in [2.75, 3.05) is 25.1 Å². The molecule has 2 aliphatic rings. The molecule has 1 aliphatic carbocycles. The molecular weight excluding hydrogens is 324 g/mol. The van der Waals surface area contributed by atoms with E-state index in [4.69, 9.17) is 4.74 Å². The van der Waals surface area contributed by atoms with Crippen molar-refractivity contribution >= 4 is 11.6 Å². The van der Waals surface area contributed by atoms with E-state index in [9.17, 15) is 4.79 Å². The van der Waals surface area contributed by atoms with Crippen molar-refractivity contribution in [3.8, 4) is 5.75 Å². The van der Waals surface area contributed by atoms with Crippen molar-refractivity contribution in [3.63, 3.8) is 0 Å². The summed E-state index contributed by atoms with van der Waals surface area (Å²) in [4.78, 5) is 15.1. The van der Waals surface area contributed by atoms with E-state index >= 15 is 0 Å². The van der Waals surface area contributed by atoms with Gasteiger partial charge in [0.25, 0.3) is 5.91 Å². The van der Waals surface area contributed by atoms with Crippen molar-refractivity contribution in [2.24, 2.45) is 0 Å². The molecule has 1 aliphatic heterocycles. The van der Waals surface area contributed by atoms with E-state index in [1.165, 1.54) is 29.7 Å². The van der Waals surface area contributed by atoms with Crippen molar-refractivity contribution < 1.29 is 9.53 Å². The van der Waals surface area contributed by atoms with Gasteiger partial charge in [0.05, 0.1) is 13.2 Å². The Morgan fingerprint density at radius 1 is 1.08 bits per heavy atom. The van der Waals surface area contributed by atoms with Crippen LogP contribution in [0, 0.1) is 0 Å². The Kier molecular flexibility index (Phi) is 4.83. The lowest BCUT2D eigenvalue weighted by molar-refractivity contribution is 0.0933. The predicted molar refractivity (Wildman–Crippen MR) is 104 cm³/mol. The number of anilines is 1. The minimum Gasteiger partial charge on any atom is -0.497 e. The number of methoxy groups -OCH3 is 1. The molecule has 0 spiro atoms. The van der Waals surface area contributed by atoms with E-state index < -0.39 is 0 Å². The van der Waals surface area contributed by atoms with Gasteiger partial charge in [0.15, 0.2) is 0 Å². The number of carbonyl (C=O) groups is 1. The summed E-state index contributed by atoms with van der Waals surface area (Å²) in [5.74, 6) is 0.889. The van der Waals surface area contributed by atoms with E-state index in [0.717, 1.165) is 43.7 Å². The number of nitrogens with zero attached hydrogens (tertiary/aromatic N) is 1. The van der Waals surface area contributed by atoms with E-state index in [1.54, 1.807) is 7.11 Å². The lowest BCUT2D eigenvalue weighted by atomic mass is 9.87. The summed E-state index contributed by atoms with van der Waals surface area (Å²) in [5.41, 5.74) is 4.45. The van der Waals surface area contributed by atoms with Crippen LogP contribution in [0.15, 0.2) is 42.5 Å². The number of hydrogen-bond donors (Lipinski definition) is 1. The SMILES string of the molecule is COc1ccc2c(c1)CCC[C@H]2NC(=O)c1ccc(N2CCCC2)cc1. The Morgan fingerprint density at radius 2 is 1.85 bits per heavy atom. The van der Waals surface area contributed by atoms with Gasteiger partial charge in [-0.25, -0.2) is 0 Å². The first kappa shape index (κ1) is 17.0. The molecule has 2 aromatic carbocycles. The summed E-state index contributed by atoms with van der Waals surface area (Å²) in [6.07, 6.45) is 5.63. The van der Waals surface area contributed by atoms with Gasteiger partial charge >= 0.3 is 0 Å². The molecule has 4 nitrogen and oxygen atoms in total. The minimum atomic E-state index is 0.00615. The lowest BCUT2D eigenvalue weighted by Gasteiger charge is -2.27. The second-order valence-electron chi connectivity index (χ2n) is 7.22. The monoisotopic (exact) mass is 350 g/mol. The van der Waals surface area contributed by atoms with Crippen LogP contribution in [0.4, 0.5) is 5.69 Å². The highest BCUT2D eigenvalue weighted by Crippen LogP contribution is 2.32. The number of fused-ring (bicyclic) bond motifs is 1. The summed E-state index contributed by atoms with van der Waals surface area (Å²) in [6, 6.07) is 14.3. The summed E-state index contributed by atoms with van der Waals surface area (Å²) < 4.78 is 5.33. The molecule has 26 heavy (non-hydrogen) atoms. The lowest BCUT2D eigenvalue weighted by Crippen LogP contribution is -2.31. The fraction of sp³-hybridized carbons (Fsp3) is 0.409. The first-order valence-electron chi connectivity index (χ1n) is 9.57. The van der Waals surface area contributed by atoms with Crippen LogP contribution < -0.4 is 15.0 Å². The zero-order chi connectivity index (χ0) is 17.9. The number of aryl methyl sites for hydroxylation is 1. The molecule has 1 fully saturated rings. The molecule has 4 rings (SSSR count). The van der Waals surface area contributed by atoms with Crippen LogP contribution in [0.1, 0.15) is 53.2 Å². The fourth-order valence-electron chi connectivity index (χ4n) is 4.11. The molecule has 4 heteroatoms. The normalized spacial score (nSPS) is 19.1. The molecule has 1 N–H and O–H groups in total. The number of nitrogens with one attached hydrogen (secondary N) is 1. The highest BCUT2D eigenvalue weighted by Gasteiger charge is 2.23. The molecule has 1 saturated heterocycles. The van der Waals surface area contributed by atoms with Crippen molar-refractivity contribution in [1.82, 2.24) is 5.32 Å². The average Bonchev–Trinajstić information content (AvgIpc) is 3.22. The van der Waals surface area contributed by atoms with Gasteiger partial charge in [-0.15, -0.1) is 0 Å². The van der Waals surface area contributed by atoms with Crippen LogP contribution in [0.5, 0.6) is 5.75 Å². The predicted octanol–water partition coefficient (Wildman–Crippen LogP) is 4.10. The Balaban J connectivity index is 1.47. The van der Waals surface area contributed by atoms with Crippen molar-refractivity contribution in [2.45, 2.75) is 38.1 Å². The van der Waals surface area contributed by atoms with E-state index in [2.05, 4.69) is 34.5 Å². The maximum atomic E-state index is 12.7. The van der Waals surface area contributed by atoms with Gasteiger partial charge in [-0.3, -0.25) is 4.79 Å². The highest BCUT2D eigenvalue weighted by molar-refractivity contribution is 5.94. The number of hydrogen-bond acceptors (Lipinski definition) is 3. The second kappa shape index (κ2) is 7.40. The number of ether oxygens (including phenoxy) is 1. The fourth-order valence-corrected chi connectivity index (χ4v) is 4.11. The molecule has 0 unspecified atom stereocenters. The van der Waals surface area contributed by atoms with Gasteiger partial charge in [-0.2, -0.15) is 0 Å². The van der Waals surface area contributed by atoms with Gasteiger partial charge in [-0.05, 0) is 79.6 Å². The maximum Gasteiger partial charge on any atom is 0.251 e. The topological polar surface area (TPSA) is 41.6 Å². The Hall–Kier alpha value is -2.49. The van der Waals surface area contributed by atoms with Crippen molar-refractivity contribution in [3.05, 3.63) is 59.2 Å². The largest absolute Gasteiger partial charge is 0.497 e. The standard InChI is InChI=1S/C22H26N2O2/c1-26-19-11-12-20-17(15-19)5-4-6-21(20)23-22(25)16-7-9-18(10-8-16)24-13-2-3-14-24/h7-12,15,21H,2-6,13-14H2,1H3,(H,23,25)/t21-/m1/s1. The molecule has 0 bridgehead atoms. The molecule has 2 aromatic rings. The average molecular weight is 350 g/mol. The molecule has 1 atom stereocenters. The molecule has 136 valence electrons. The zero-order valence-electron chi connectivity index (χ0n) is 15.3. The smallest absolute Gasteiger partial charge is 0.251 e. The van der Waals surface area contributed by atoms with Crippen molar-refractivity contribution in [1.29, 1.82) is 0 Å². The van der Waals surface area contributed by atoms with E-state index in [0.29, 0.717) is 0 Å². The summed E-state index contributed by atoms with van der Waals surface area (Å²) in [5, 5.41) is 3.22. The zero-order valence-corrected chi connectivity index (χ0v) is 15.3. The van der Waals surface area contributed by atoms with Crippen LogP contribution in [0.2, 0.25) is 0 Å². The molecule has 0 aromatic heterocycles. The third-order valence-electron chi connectivity index (χ3n) is 5.57. The Labute approximate surface area is 155 Å². The molecule has 1 heterocycles. The molecular formula is C22H26N2O2. The molecule has 0 radical (unpaired) electrons. The third kappa shape index (κ3) is 3.41. The number of benzene rings is 2. The second-order valence-corrected chi connectivity index (χ2v) is 7.22. The van der Waals surface area contributed by atoms with Gasteiger partial charge in [0.1, 0.15) is 5.75 Å². The third-order valence-corrected chi connectivity index (χ3v) is 5.57. The van der Waals surface area contributed by atoms with E-state index in [-0.39, 0.29) is 11.9 Å². The first-order chi connectivity index (χ1) is 12.7. The summed E-state index contributed by atoms with van der Waals surface area (Å²) in [7, 11) is 1.69. The van der Waals surface area contributed by atoms with E-state index in [1.807, 2.05) is 18.2 Å². The van der Waals surface area contributed by atoms with Crippen LogP contribution in [0.25, 0.3) is 0 Å². The number of carbonyl (C=O) groups excluding carboxylic acids is 1. The van der Waals surface area contributed by atoms with Crippen LogP contribution in [-0.4, -0.2) is 26.1 Å². The summed E-state index contributed by atoms with van der Waals surface area (Å²) in [6.45, 7) is 2.24. The quantitative estimate of drug-likeness (QED) is 0.902. The molecule has 1 amide bonds. The van der Waals surface area contributed by atoms with Crippen LogP contribution in [0.3, 0.4) is 0 Å². The molecule has 0 saturated carbocycles.